The normalized spacial score (nSPS) is 21.6. The number of hydrogen-bond acceptors (Lipinski definition) is 14. The van der Waals surface area contributed by atoms with E-state index in [1.165, 1.54) is 29.8 Å². The van der Waals surface area contributed by atoms with Crippen molar-refractivity contribution >= 4 is 50.7 Å². The molecule has 3 aromatic carbocycles. The van der Waals surface area contributed by atoms with Gasteiger partial charge < -0.3 is 33.7 Å². The molecule has 3 aromatic heterocycles. The predicted octanol–water partition coefficient (Wildman–Crippen LogP) is 8.45. The quantitative estimate of drug-likeness (QED) is 0.156. The molecule has 0 unspecified atom stereocenters. The number of carbonyl (C=O) groups is 1. The highest BCUT2D eigenvalue weighted by Crippen LogP contribution is 2.53. The molecule has 0 spiro atoms. The van der Waals surface area contributed by atoms with E-state index >= 15 is 0 Å². The maximum atomic E-state index is 14.4. The molecule has 5 aliphatic rings. The first-order chi connectivity index (χ1) is 32.5. The Hall–Kier alpha value is -5.20. The second-order valence-electron chi connectivity index (χ2n) is 17.6. The van der Waals surface area contributed by atoms with Gasteiger partial charge in [0.15, 0.2) is 11.6 Å². The molecule has 67 heavy (non-hydrogen) atoms. The molecule has 18 heteroatoms. The molecule has 3 saturated heterocycles. The summed E-state index contributed by atoms with van der Waals surface area (Å²) in [5.74, 6) is 0.225. The van der Waals surface area contributed by atoms with Crippen LogP contribution in [-0.2, 0) is 22.6 Å². The second-order valence-corrected chi connectivity index (χ2v) is 19.4. The van der Waals surface area contributed by atoms with Crippen molar-refractivity contribution in [2.75, 3.05) is 66.1 Å². The van der Waals surface area contributed by atoms with Crippen molar-refractivity contribution in [3.05, 3.63) is 105 Å². The van der Waals surface area contributed by atoms with Gasteiger partial charge in [-0.15, -0.1) is 11.3 Å². The number of carboxylic acid groups (broad SMARTS) is 1. The van der Waals surface area contributed by atoms with Gasteiger partial charge in [0.2, 0.25) is 12.0 Å². The Labute approximate surface area is 401 Å². The minimum atomic E-state index is -1.46. The van der Waals surface area contributed by atoms with E-state index in [-0.39, 0.29) is 31.6 Å². The maximum Gasteiger partial charge on any atom is 0.345 e. The molecular weight excluding hydrogens is 921 g/mol. The van der Waals surface area contributed by atoms with Crippen LogP contribution in [0.3, 0.4) is 0 Å². The average molecular weight is 971 g/mol. The van der Waals surface area contributed by atoms with E-state index in [1.807, 2.05) is 13.8 Å². The summed E-state index contributed by atoms with van der Waals surface area (Å²) in [6, 6.07) is 13.7. The number of aliphatic carboxylic acids is 1. The second kappa shape index (κ2) is 19.4. The van der Waals surface area contributed by atoms with Crippen LogP contribution in [0, 0.1) is 19.7 Å². The van der Waals surface area contributed by atoms with Gasteiger partial charge in [-0.25, -0.2) is 29.1 Å². The van der Waals surface area contributed by atoms with Gasteiger partial charge in [-0.05, 0) is 98.9 Å². The first-order valence-corrected chi connectivity index (χ1v) is 24.1. The number of rotatable bonds is 8. The van der Waals surface area contributed by atoms with Gasteiger partial charge in [-0.3, -0.25) is 9.80 Å². The molecule has 4 atom stereocenters. The lowest BCUT2D eigenvalue weighted by Crippen LogP contribution is -2.49. The fourth-order valence-electron chi connectivity index (χ4n) is 9.49. The number of halogens is 3. The fourth-order valence-corrected chi connectivity index (χ4v) is 11.1. The summed E-state index contributed by atoms with van der Waals surface area (Å²) in [6.07, 6.45) is 2.99. The number of morpholine rings is 1. The van der Waals surface area contributed by atoms with E-state index in [4.69, 9.17) is 51.9 Å². The molecular formula is C49H50Cl2FN7O7S. The molecule has 11 rings (SSSR count). The van der Waals surface area contributed by atoms with Crippen molar-refractivity contribution in [1.29, 1.82) is 0 Å². The number of fused-ring (bicyclic) bond motifs is 8. The summed E-state index contributed by atoms with van der Waals surface area (Å²) >= 11 is 16.0. The monoisotopic (exact) mass is 969 g/mol. The maximum absolute atomic E-state index is 14.4. The number of nitrogens with zero attached hydrogens (tertiary/aromatic N) is 7. The molecule has 5 aliphatic heterocycles. The van der Waals surface area contributed by atoms with Crippen LogP contribution in [0.15, 0.2) is 61.1 Å². The fraction of sp³-hybridized carbons (Fsp3) is 0.408. The van der Waals surface area contributed by atoms with Crippen LogP contribution < -0.4 is 18.9 Å². The number of benzene rings is 3. The smallest absolute Gasteiger partial charge is 0.345 e. The Morgan fingerprint density at radius 3 is 2.52 bits per heavy atom. The minimum absolute atomic E-state index is 0.0357. The van der Waals surface area contributed by atoms with Crippen LogP contribution in [-0.4, -0.2) is 130 Å². The van der Waals surface area contributed by atoms with E-state index < -0.39 is 24.0 Å². The topological polar surface area (TPSA) is 145 Å². The van der Waals surface area contributed by atoms with Gasteiger partial charge in [0.1, 0.15) is 53.9 Å². The third-order valence-corrected chi connectivity index (χ3v) is 15.2. The Morgan fingerprint density at radius 2 is 1.75 bits per heavy atom. The van der Waals surface area contributed by atoms with E-state index in [9.17, 15) is 14.3 Å². The Morgan fingerprint density at radius 1 is 0.955 bits per heavy atom. The van der Waals surface area contributed by atoms with Crippen molar-refractivity contribution in [3.8, 4) is 44.7 Å². The van der Waals surface area contributed by atoms with Gasteiger partial charge in [0, 0.05) is 73.9 Å². The minimum Gasteiger partial charge on any atom is -0.490 e. The van der Waals surface area contributed by atoms with Crippen LogP contribution in [0.1, 0.15) is 47.2 Å². The Bertz CT molecular complexity index is 2780. The molecule has 0 saturated carbocycles. The Balaban J connectivity index is 1.06. The van der Waals surface area contributed by atoms with E-state index in [0.717, 1.165) is 52.1 Å². The summed E-state index contributed by atoms with van der Waals surface area (Å²) in [5.41, 5.74) is 4.46. The van der Waals surface area contributed by atoms with Crippen LogP contribution in [0.5, 0.6) is 23.1 Å². The van der Waals surface area contributed by atoms with Crippen molar-refractivity contribution in [1.82, 2.24) is 34.6 Å². The molecule has 0 aliphatic carbocycles. The number of thiophene rings is 1. The highest BCUT2D eigenvalue weighted by Gasteiger charge is 2.35. The molecule has 0 radical (unpaired) electrons. The molecule has 0 amide bonds. The van der Waals surface area contributed by atoms with E-state index in [1.54, 1.807) is 42.6 Å². The Kier molecular flexibility index (Phi) is 13.2. The first kappa shape index (κ1) is 45.6. The van der Waals surface area contributed by atoms with Crippen LogP contribution in [0.4, 0.5) is 4.39 Å². The third-order valence-electron chi connectivity index (χ3n) is 13.1. The lowest BCUT2D eigenvalue weighted by atomic mass is 9.92. The number of likely N-dealkylation sites (N-methyl/N-ethyl adjacent to an activating group) is 1. The zero-order valence-corrected chi connectivity index (χ0v) is 39.7. The summed E-state index contributed by atoms with van der Waals surface area (Å²) < 4.78 is 46.9. The van der Waals surface area contributed by atoms with E-state index in [0.29, 0.717) is 106 Å². The number of carboxylic acids is 1. The summed E-state index contributed by atoms with van der Waals surface area (Å²) in [5, 5.41) is 12.0. The summed E-state index contributed by atoms with van der Waals surface area (Å²) in [4.78, 5) is 40.2. The zero-order chi connectivity index (χ0) is 46.3. The van der Waals surface area contributed by atoms with Crippen LogP contribution >= 0.6 is 34.5 Å². The molecule has 4 bridgehead atoms. The lowest BCUT2D eigenvalue weighted by Gasteiger charge is -2.35. The molecule has 8 heterocycles. The SMILES string of the molecule is Cc1c(Cl)c2c(Cl)c(C)c1-c1c(-c3ccc(F)cc3)sc3ncnc(c13)O[C@@H](C(=O)O)Cc1cc(ccc1OCc1ccnc([C@@H]3CN4CCC[C@H]4CO3)n1)OC[C@@H](CN1CCN(C)CC1)O2. The van der Waals surface area contributed by atoms with Crippen molar-refractivity contribution in [3.63, 3.8) is 0 Å². The number of aromatic nitrogens is 4. The molecule has 3 fully saturated rings. The van der Waals surface area contributed by atoms with Gasteiger partial charge in [0.05, 0.1) is 27.7 Å². The lowest BCUT2D eigenvalue weighted by molar-refractivity contribution is -0.145. The van der Waals surface area contributed by atoms with Gasteiger partial charge >= 0.3 is 5.97 Å². The van der Waals surface area contributed by atoms with Crippen molar-refractivity contribution < 1.29 is 38.0 Å². The van der Waals surface area contributed by atoms with Crippen LogP contribution in [0.25, 0.3) is 31.8 Å². The van der Waals surface area contributed by atoms with Gasteiger partial charge in [-0.1, -0.05) is 35.3 Å². The number of hydrogen-bond donors (Lipinski definition) is 1. The van der Waals surface area contributed by atoms with Gasteiger partial charge in [0.25, 0.3) is 0 Å². The first-order valence-electron chi connectivity index (χ1n) is 22.5. The molecule has 14 nitrogen and oxygen atoms in total. The predicted molar refractivity (Wildman–Crippen MR) is 253 cm³/mol. The highest BCUT2D eigenvalue weighted by atomic mass is 35.5. The number of piperazine rings is 1. The summed E-state index contributed by atoms with van der Waals surface area (Å²) in [7, 11) is 2.11. The third kappa shape index (κ3) is 9.49. The molecule has 6 aromatic rings. The average Bonchev–Trinajstić information content (AvgIpc) is 3.97. The van der Waals surface area contributed by atoms with Crippen LogP contribution in [0.2, 0.25) is 10.0 Å². The van der Waals surface area contributed by atoms with E-state index in [2.05, 4.69) is 36.7 Å². The molecule has 1 N–H and O–H groups in total. The van der Waals surface area contributed by atoms with Gasteiger partial charge in [-0.2, -0.15) is 0 Å². The largest absolute Gasteiger partial charge is 0.490 e. The van der Waals surface area contributed by atoms with Crippen molar-refractivity contribution in [2.45, 2.75) is 64.1 Å². The highest BCUT2D eigenvalue weighted by molar-refractivity contribution is 7.22. The number of ether oxygens (including phenoxy) is 5. The summed E-state index contributed by atoms with van der Waals surface area (Å²) in [6.45, 7) is 10.4. The van der Waals surface area contributed by atoms with Crippen molar-refractivity contribution in [2.24, 2.45) is 0 Å². The molecule has 350 valence electrons. The zero-order valence-electron chi connectivity index (χ0n) is 37.3. The standard InChI is InChI=1S/C49H50Cl2FN7O7S/c1-27-39-28(2)43(51)44(42(27)50)65-35(21-58-17-15-57(3)16-18-58)25-62-34-10-11-36(63-23-32-12-13-53-46(56-32)38-22-59-14-4-5-33(59)24-64-38)30(19-34)20-37(49(60)61)66-47-41-40(39)45(67-48(41)55-26-54-47)29-6-8-31(52)9-7-29/h6-13,19,26,33,35,37-38H,4-5,14-18,20-25H2,1-3H3,(H,60,61)/t33-,35+,37+,38-/m0/s1.